The van der Waals surface area contributed by atoms with Gasteiger partial charge in [-0.2, -0.15) is 0 Å². The minimum absolute atomic E-state index is 0. The van der Waals surface area contributed by atoms with Crippen LogP contribution in [-0.4, -0.2) is 3.26 Å². The quantitative estimate of drug-likeness (QED) is 0.245. The third kappa shape index (κ3) is 6.80. The van der Waals surface area contributed by atoms with E-state index in [2.05, 4.69) is 160 Å². The van der Waals surface area contributed by atoms with Crippen LogP contribution in [0.2, 0.25) is 0 Å². The van der Waals surface area contributed by atoms with Crippen LogP contribution in [-0.2, 0) is 31.8 Å². The molecule has 46 heavy (non-hydrogen) atoms. The molecular weight excluding hydrogens is 766 g/mol. The Morgan fingerprint density at radius 2 is 1.02 bits per heavy atom. The van der Waals surface area contributed by atoms with Gasteiger partial charge in [-0.15, -0.1) is 0 Å². The molecule has 0 saturated carbocycles. The molecule has 0 amide bonds. The molecular formula is C43H48Cl2Hf. The first-order valence-corrected chi connectivity index (χ1v) is 22.0. The van der Waals surface area contributed by atoms with Crippen molar-refractivity contribution in [2.45, 2.75) is 90.2 Å². The number of benzene rings is 4. The third-order valence-corrected chi connectivity index (χ3v) is 21.8. The van der Waals surface area contributed by atoms with Crippen molar-refractivity contribution < 1.29 is 45.8 Å². The minimum Gasteiger partial charge on any atom is -1.00 e. The Balaban J connectivity index is 0.00000240. The molecule has 0 N–H and O–H groups in total. The minimum atomic E-state index is -2.95. The van der Waals surface area contributed by atoms with Crippen LogP contribution in [0.15, 0.2) is 94.4 Å². The van der Waals surface area contributed by atoms with E-state index in [1.807, 2.05) is 0 Å². The van der Waals surface area contributed by atoms with Gasteiger partial charge in [0.15, 0.2) is 0 Å². The van der Waals surface area contributed by atoms with Crippen molar-refractivity contribution in [1.29, 1.82) is 0 Å². The summed E-state index contributed by atoms with van der Waals surface area (Å²) in [6.45, 7) is 23.3. The van der Waals surface area contributed by atoms with Gasteiger partial charge in [0.2, 0.25) is 0 Å². The van der Waals surface area contributed by atoms with Crippen LogP contribution >= 0.6 is 0 Å². The van der Waals surface area contributed by atoms with Gasteiger partial charge in [0.25, 0.3) is 0 Å². The van der Waals surface area contributed by atoms with Gasteiger partial charge < -0.3 is 24.8 Å². The summed E-state index contributed by atoms with van der Waals surface area (Å²) >= 11 is -2.95. The summed E-state index contributed by atoms with van der Waals surface area (Å²) in [5.41, 5.74) is 17.5. The van der Waals surface area contributed by atoms with Gasteiger partial charge in [-0.3, -0.25) is 0 Å². The normalized spacial score (nSPS) is 13.6. The maximum absolute atomic E-state index is 2.95. The second-order valence-corrected chi connectivity index (χ2v) is 24.4. The molecule has 0 radical (unpaired) electrons. The number of hydrogen-bond donors (Lipinski definition) is 0. The summed E-state index contributed by atoms with van der Waals surface area (Å²) in [7, 11) is 0. The number of aryl methyl sites for hydroxylation is 4. The van der Waals surface area contributed by atoms with Gasteiger partial charge in [-0.05, 0) is 0 Å². The molecule has 0 atom stereocenters. The molecule has 0 nitrogen and oxygen atoms in total. The zero-order valence-electron chi connectivity index (χ0n) is 29.2. The summed E-state index contributed by atoms with van der Waals surface area (Å²) in [5, 5.41) is 0. The van der Waals surface area contributed by atoms with Crippen molar-refractivity contribution in [3.8, 4) is 11.1 Å². The Labute approximate surface area is 298 Å². The molecule has 4 aromatic rings. The molecule has 0 saturated heterocycles. The van der Waals surface area contributed by atoms with Crippen molar-refractivity contribution in [2.24, 2.45) is 0 Å². The first-order chi connectivity index (χ1) is 20.7. The maximum Gasteiger partial charge on any atom is -1.00 e. The van der Waals surface area contributed by atoms with Crippen LogP contribution < -0.4 is 24.8 Å². The zero-order chi connectivity index (χ0) is 31.6. The molecule has 0 aromatic heterocycles. The van der Waals surface area contributed by atoms with Crippen molar-refractivity contribution in [2.75, 3.05) is 0 Å². The molecule has 0 fully saturated rings. The van der Waals surface area contributed by atoms with Crippen LogP contribution in [0.3, 0.4) is 0 Å². The van der Waals surface area contributed by atoms with Crippen molar-refractivity contribution >= 4 is 3.26 Å². The summed E-state index contributed by atoms with van der Waals surface area (Å²) in [6, 6.07) is 29.2. The van der Waals surface area contributed by atoms with E-state index in [1.54, 1.807) is 17.7 Å². The Kier molecular flexibility index (Phi) is 10.8. The number of rotatable bonds is 4. The molecule has 2 aliphatic carbocycles. The van der Waals surface area contributed by atoms with Crippen molar-refractivity contribution in [3.63, 3.8) is 0 Å². The second-order valence-electron chi connectivity index (χ2n) is 15.3. The SMILES string of the molecule is Cc1ccc([C](c2ccc(C)cc2)=[Hf+2]([C]2=CC=CC2)[CH]2c3cc(C)c(C(C)(C)C)cc3-c3cc(C(C)(C)C)c(C)cc32)cc1.[Cl-].[Cl-]. The molecule has 238 valence electrons. The predicted molar refractivity (Wildman–Crippen MR) is 188 cm³/mol. The standard InChI is InChI=1S/C23H29.C15H14.C5H5.2ClH.Hf/c1-14-9-16-11-17-10-15(2)21(23(6,7)8)13-19(17)18(16)12-20(14)22(3,4)5;1-12-3-7-14(8-4-12)11-15-9-5-13(2)6-10-15;1-2-4-5-3-1;;;/h9-13H,1-8H3;3-10H,1-2H3;1-3H,4H2;2*1H;/q;;;;;+2/p-2. The Morgan fingerprint density at radius 3 is 1.37 bits per heavy atom. The maximum atomic E-state index is 2.60. The fraction of sp³-hybridized carbons (Fsp3) is 0.326. The van der Waals surface area contributed by atoms with E-state index in [9.17, 15) is 0 Å². The molecule has 2 aliphatic rings. The second kappa shape index (κ2) is 13.7. The molecule has 6 rings (SSSR count). The summed E-state index contributed by atoms with van der Waals surface area (Å²) < 4.78 is 3.79. The predicted octanol–water partition coefficient (Wildman–Crippen LogP) is 5.32. The Morgan fingerprint density at radius 1 is 0.609 bits per heavy atom. The van der Waals surface area contributed by atoms with E-state index in [-0.39, 0.29) is 35.6 Å². The van der Waals surface area contributed by atoms with E-state index >= 15 is 0 Å². The van der Waals surface area contributed by atoms with Gasteiger partial charge in [0.1, 0.15) is 0 Å². The molecule has 0 unspecified atom stereocenters. The molecule has 4 aromatic carbocycles. The van der Waals surface area contributed by atoms with Gasteiger partial charge in [0, 0.05) is 0 Å². The molecule has 0 bridgehead atoms. The molecule has 0 spiro atoms. The smallest absolute Gasteiger partial charge is 1.00 e. The van der Waals surface area contributed by atoms with E-state index in [1.165, 1.54) is 55.6 Å². The fourth-order valence-electron chi connectivity index (χ4n) is 7.55. The van der Waals surface area contributed by atoms with Crippen LogP contribution in [0.5, 0.6) is 0 Å². The number of halogens is 2. The molecule has 0 aliphatic heterocycles. The van der Waals surface area contributed by atoms with Crippen molar-refractivity contribution in [1.82, 2.24) is 0 Å². The average molecular weight is 814 g/mol. The first kappa shape index (κ1) is 36.5. The fourth-order valence-corrected chi connectivity index (χ4v) is 20.7. The van der Waals surface area contributed by atoms with Gasteiger partial charge in [-0.1, -0.05) is 0 Å². The van der Waals surface area contributed by atoms with Crippen LogP contribution in [0.1, 0.15) is 107 Å². The van der Waals surface area contributed by atoms with Crippen LogP contribution in [0.4, 0.5) is 0 Å². The number of allylic oxidation sites excluding steroid dienone is 4. The van der Waals surface area contributed by atoms with E-state index < -0.39 is 21.0 Å². The van der Waals surface area contributed by atoms with E-state index in [0.29, 0.717) is 3.67 Å². The summed E-state index contributed by atoms with van der Waals surface area (Å²) in [6.07, 6.45) is 8.29. The van der Waals surface area contributed by atoms with Crippen molar-refractivity contribution in [3.05, 3.63) is 150 Å². The summed E-state index contributed by atoms with van der Waals surface area (Å²) in [5.74, 6) is 0. The summed E-state index contributed by atoms with van der Waals surface area (Å²) in [4.78, 5) is 0. The number of fused-ring (bicyclic) bond motifs is 3. The monoisotopic (exact) mass is 814 g/mol. The zero-order valence-corrected chi connectivity index (χ0v) is 34.3. The third-order valence-electron chi connectivity index (χ3n) is 9.68. The van der Waals surface area contributed by atoms with Crippen LogP contribution in [0, 0.1) is 27.7 Å². The van der Waals surface area contributed by atoms with Crippen LogP contribution in [0.25, 0.3) is 11.1 Å². The Bertz CT molecular complexity index is 1740. The Hall–Kier alpha value is -2.32. The van der Waals surface area contributed by atoms with E-state index in [0.717, 1.165) is 6.42 Å². The largest absolute Gasteiger partial charge is 1.00 e. The number of hydrogen-bond acceptors (Lipinski definition) is 0. The topological polar surface area (TPSA) is 0 Å². The van der Waals surface area contributed by atoms with Gasteiger partial charge in [-0.25, -0.2) is 0 Å². The molecule has 3 heteroatoms. The molecule has 0 heterocycles. The van der Waals surface area contributed by atoms with Gasteiger partial charge >= 0.3 is 275 Å². The van der Waals surface area contributed by atoms with E-state index in [4.69, 9.17) is 0 Å². The van der Waals surface area contributed by atoms with Gasteiger partial charge in [0.05, 0.1) is 0 Å². The average Bonchev–Trinajstić information content (AvgIpc) is 3.57. The first-order valence-electron chi connectivity index (χ1n) is 16.3.